The van der Waals surface area contributed by atoms with Crippen molar-refractivity contribution in [2.45, 2.75) is 26.2 Å². The second-order valence-corrected chi connectivity index (χ2v) is 4.83. The second-order valence-electron chi connectivity index (χ2n) is 4.83. The number of likely N-dealkylation sites (N-methyl/N-ethyl adjacent to an activating group) is 1. The number of aromatic amines is 2. The molecule has 1 aromatic carbocycles. The highest BCUT2D eigenvalue weighted by Crippen LogP contribution is 2.13. The zero-order chi connectivity index (χ0) is 13.0. The number of nitrogens with zero attached hydrogens (tertiary/aromatic N) is 1. The molecule has 0 aliphatic heterocycles. The molecule has 0 amide bonds. The summed E-state index contributed by atoms with van der Waals surface area (Å²) in [5.41, 5.74) is 2.92. The van der Waals surface area contributed by atoms with Crippen LogP contribution in [0.2, 0.25) is 0 Å². The molecule has 0 aliphatic rings. The summed E-state index contributed by atoms with van der Waals surface area (Å²) in [7, 11) is 2.15. The Kier molecular flexibility index (Phi) is 4.20. The third kappa shape index (κ3) is 3.01. The van der Waals surface area contributed by atoms with Crippen LogP contribution in [0.1, 0.15) is 25.3 Å². The van der Waals surface area contributed by atoms with Crippen molar-refractivity contribution in [3.05, 3.63) is 34.2 Å². The zero-order valence-corrected chi connectivity index (χ0v) is 11.1. The Morgan fingerprint density at radius 1 is 1.22 bits per heavy atom. The number of aromatic nitrogens is 2. The first-order chi connectivity index (χ1) is 8.70. The van der Waals surface area contributed by atoms with Gasteiger partial charge in [0.15, 0.2) is 0 Å². The second kappa shape index (κ2) is 5.87. The van der Waals surface area contributed by atoms with Crippen LogP contribution in [0.3, 0.4) is 0 Å². The molecule has 18 heavy (non-hydrogen) atoms. The van der Waals surface area contributed by atoms with Gasteiger partial charge in [-0.05, 0) is 38.1 Å². The van der Waals surface area contributed by atoms with E-state index in [4.69, 9.17) is 0 Å². The standard InChI is InChI=1S/C14H21N3O/c1-3-4-9-17(2)10-8-11-6-5-7-12-13(11)16-14(18)15-12/h5-7H,3-4,8-10H2,1-2H3,(H2,15,16,18). The summed E-state index contributed by atoms with van der Waals surface area (Å²) in [5.74, 6) is 0. The topological polar surface area (TPSA) is 51.9 Å². The summed E-state index contributed by atoms with van der Waals surface area (Å²) in [6.07, 6.45) is 3.43. The molecule has 0 radical (unpaired) electrons. The predicted octanol–water partition coefficient (Wildman–Crippen LogP) is 2.13. The van der Waals surface area contributed by atoms with Gasteiger partial charge in [-0.2, -0.15) is 0 Å². The van der Waals surface area contributed by atoms with Gasteiger partial charge in [-0.3, -0.25) is 0 Å². The molecule has 0 atom stereocenters. The molecule has 1 aromatic heterocycles. The lowest BCUT2D eigenvalue weighted by Gasteiger charge is -2.16. The van der Waals surface area contributed by atoms with Gasteiger partial charge in [-0.15, -0.1) is 0 Å². The lowest BCUT2D eigenvalue weighted by Crippen LogP contribution is -2.22. The molecule has 0 bridgehead atoms. The van der Waals surface area contributed by atoms with Gasteiger partial charge < -0.3 is 14.9 Å². The van der Waals surface area contributed by atoms with Crippen LogP contribution in [-0.2, 0) is 6.42 Å². The number of imidazole rings is 1. The first-order valence-corrected chi connectivity index (χ1v) is 6.59. The van der Waals surface area contributed by atoms with E-state index < -0.39 is 0 Å². The maximum atomic E-state index is 11.3. The average molecular weight is 247 g/mol. The van der Waals surface area contributed by atoms with Gasteiger partial charge in [0, 0.05) is 6.54 Å². The Labute approximate surface area is 107 Å². The molecule has 0 aliphatic carbocycles. The molecular weight excluding hydrogens is 226 g/mol. The number of unbranched alkanes of at least 4 members (excludes halogenated alkanes) is 1. The van der Waals surface area contributed by atoms with Crippen molar-refractivity contribution in [2.24, 2.45) is 0 Å². The highest BCUT2D eigenvalue weighted by Gasteiger charge is 2.05. The Morgan fingerprint density at radius 2 is 2.06 bits per heavy atom. The fraction of sp³-hybridized carbons (Fsp3) is 0.500. The van der Waals surface area contributed by atoms with Gasteiger partial charge in [-0.1, -0.05) is 25.5 Å². The number of fused-ring (bicyclic) bond motifs is 1. The van der Waals surface area contributed by atoms with Crippen molar-refractivity contribution in [3.8, 4) is 0 Å². The Morgan fingerprint density at radius 3 is 2.83 bits per heavy atom. The first-order valence-electron chi connectivity index (χ1n) is 6.59. The minimum atomic E-state index is -0.128. The molecule has 0 spiro atoms. The molecule has 4 nitrogen and oxygen atoms in total. The Bertz CT molecular complexity index is 555. The fourth-order valence-corrected chi connectivity index (χ4v) is 2.18. The SMILES string of the molecule is CCCCN(C)CCc1cccc2[nH]c(=O)[nH]c12. The van der Waals surface area contributed by atoms with E-state index in [1.807, 2.05) is 12.1 Å². The molecule has 0 saturated heterocycles. The molecule has 2 N–H and O–H groups in total. The van der Waals surface area contributed by atoms with E-state index in [0.717, 1.165) is 30.5 Å². The summed E-state index contributed by atoms with van der Waals surface area (Å²) >= 11 is 0. The number of nitrogens with one attached hydrogen (secondary N) is 2. The Balaban J connectivity index is 2.05. The summed E-state index contributed by atoms with van der Waals surface area (Å²) in [6, 6.07) is 6.00. The van der Waals surface area contributed by atoms with Crippen molar-refractivity contribution in [3.63, 3.8) is 0 Å². The van der Waals surface area contributed by atoms with Crippen LogP contribution in [0.4, 0.5) is 0 Å². The van der Waals surface area contributed by atoms with Gasteiger partial charge in [0.2, 0.25) is 0 Å². The van der Waals surface area contributed by atoms with Gasteiger partial charge in [0.1, 0.15) is 0 Å². The van der Waals surface area contributed by atoms with Crippen LogP contribution < -0.4 is 5.69 Å². The number of para-hydroxylation sites is 1. The number of hydrogen-bond donors (Lipinski definition) is 2. The molecular formula is C14H21N3O. The minimum absolute atomic E-state index is 0.128. The quantitative estimate of drug-likeness (QED) is 0.821. The number of H-pyrrole nitrogens is 2. The van der Waals surface area contributed by atoms with E-state index in [1.54, 1.807) is 0 Å². The smallest absolute Gasteiger partial charge is 0.306 e. The van der Waals surface area contributed by atoms with Crippen molar-refractivity contribution in [1.29, 1.82) is 0 Å². The van der Waals surface area contributed by atoms with Crippen LogP contribution in [0.25, 0.3) is 11.0 Å². The van der Waals surface area contributed by atoms with Crippen LogP contribution in [0, 0.1) is 0 Å². The minimum Gasteiger partial charge on any atom is -0.306 e. The van der Waals surface area contributed by atoms with Crippen LogP contribution >= 0.6 is 0 Å². The van der Waals surface area contributed by atoms with Crippen molar-refractivity contribution < 1.29 is 0 Å². The molecule has 2 rings (SSSR count). The van der Waals surface area contributed by atoms with Crippen molar-refractivity contribution >= 4 is 11.0 Å². The largest absolute Gasteiger partial charge is 0.323 e. The van der Waals surface area contributed by atoms with E-state index in [-0.39, 0.29) is 5.69 Å². The van der Waals surface area contributed by atoms with Crippen molar-refractivity contribution in [2.75, 3.05) is 20.1 Å². The van der Waals surface area contributed by atoms with Gasteiger partial charge in [-0.25, -0.2) is 4.79 Å². The van der Waals surface area contributed by atoms with Gasteiger partial charge in [0.25, 0.3) is 0 Å². The maximum Gasteiger partial charge on any atom is 0.323 e. The maximum absolute atomic E-state index is 11.3. The highest BCUT2D eigenvalue weighted by molar-refractivity contribution is 5.78. The fourth-order valence-electron chi connectivity index (χ4n) is 2.18. The lowest BCUT2D eigenvalue weighted by atomic mass is 10.1. The monoisotopic (exact) mass is 247 g/mol. The van der Waals surface area contributed by atoms with Crippen LogP contribution in [0.15, 0.2) is 23.0 Å². The number of benzene rings is 1. The Hall–Kier alpha value is -1.55. The third-order valence-corrected chi connectivity index (χ3v) is 3.29. The predicted molar refractivity (Wildman–Crippen MR) is 75.0 cm³/mol. The van der Waals surface area contributed by atoms with E-state index >= 15 is 0 Å². The van der Waals surface area contributed by atoms with Crippen molar-refractivity contribution in [1.82, 2.24) is 14.9 Å². The molecule has 0 unspecified atom stereocenters. The summed E-state index contributed by atoms with van der Waals surface area (Å²) in [4.78, 5) is 19.3. The lowest BCUT2D eigenvalue weighted by molar-refractivity contribution is 0.332. The highest BCUT2D eigenvalue weighted by atomic mass is 16.1. The average Bonchev–Trinajstić information content (AvgIpc) is 2.74. The molecule has 98 valence electrons. The third-order valence-electron chi connectivity index (χ3n) is 3.29. The summed E-state index contributed by atoms with van der Waals surface area (Å²) < 4.78 is 0. The molecule has 1 heterocycles. The summed E-state index contributed by atoms with van der Waals surface area (Å²) in [5, 5.41) is 0. The van der Waals surface area contributed by atoms with E-state index in [0.29, 0.717) is 0 Å². The number of hydrogen-bond acceptors (Lipinski definition) is 2. The molecule has 2 aromatic rings. The van der Waals surface area contributed by atoms with E-state index in [2.05, 4.69) is 34.9 Å². The normalized spacial score (nSPS) is 11.5. The first kappa shape index (κ1) is 12.9. The zero-order valence-electron chi connectivity index (χ0n) is 11.1. The van der Waals surface area contributed by atoms with E-state index in [9.17, 15) is 4.79 Å². The van der Waals surface area contributed by atoms with E-state index in [1.165, 1.54) is 18.4 Å². The molecule has 0 fully saturated rings. The van der Waals surface area contributed by atoms with Crippen LogP contribution in [-0.4, -0.2) is 35.0 Å². The molecule has 0 saturated carbocycles. The summed E-state index contributed by atoms with van der Waals surface area (Å²) in [6.45, 7) is 4.36. The van der Waals surface area contributed by atoms with Gasteiger partial charge >= 0.3 is 5.69 Å². The van der Waals surface area contributed by atoms with Crippen LogP contribution in [0.5, 0.6) is 0 Å². The number of rotatable bonds is 6. The van der Waals surface area contributed by atoms with Gasteiger partial charge in [0.05, 0.1) is 11.0 Å². The molecule has 4 heteroatoms.